The predicted octanol–water partition coefficient (Wildman–Crippen LogP) is 2.56. The predicted molar refractivity (Wildman–Crippen MR) is 105 cm³/mol. The quantitative estimate of drug-likeness (QED) is 0.654. The summed E-state index contributed by atoms with van der Waals surface area (Å²) >= 11 is 0. The molecule has 0 fully saturated rings. The van der Waals surface area contributed by atoms with Gasteiger partial charge in [0.1, 0.15) is 0 Å². The molecule has 2 aromatic carbocycles. The number of rotatable bonds is 7. The lowest BCUT2D eigenvalue weighted by atomic mass is 9.92. The van der Waals surface area contributed by atoms with E-state index in [0.29, 0.717) is 0 Å². The summed E-state index contributed by atoms with van der Waals surface area (Å²) in [7, 11) is -3.73. The molecule has 0 saturated carbocycles. The van der Waals surface area contributed by atoms with Gasteiger partial charge in [-0.25, -0.2) is 13.1 Å². The van der Waals surface area contributed by atoms with Gasteiger partial charge in [0.25, 0.3) is 0 Å². The second-order valence-corrected chi connectivity index (χ2v) is 8.22. The van der Waals surface area contributed by atoms with Crippen molar-refractivity contribution < 1.29 is 13.2 Å². The van der Waals surface area contributed by atoms with Gasteiger partial charge < -0.3 is 5.73 Å². The van der Waals surface area contributed by atoms with E-state index in [2.05, 4.69) is 9.71 Å². The zero-order valence-corrected chi connectivity index (χ0v) is 15.7. The van der Waals surface area contributed by atoms with Crippen molar-refractivity contribution in [2.24, 2.45) is 5.73 Å². The van der Waals surface area contributed by atoms with E-state index in [9.17, 15) is 13.2 Å². The fourth-order valence-electron chi connectivity index (χ4n) is 3.06. The second-order valence-electron chi connectivity index (χ2n) is 6.51. The van der Waals surface area contributed by atoms with E-state index in [1.807, 2.05) is 30.3 Å². The third-order valence-electron chi connectivity index (χ3n) is 4.41. The maximum atomic E-state index is 12.7. The van der Waals surface area contributed by atoms with Gasteiger partial charge in [0.05, 0.1) is 10.8 Å². The first-order valence-corrected chi connectivity index (χ1v) is 10.1. The highest BCUT2D eigenvalue weighted by atomic mass is 32.2. The zero-order valence-electron chi connectivity index (χ0n) is 14.9. The topological polar surface area (TPSA) is 102 Å². The van der Waals surface area contributed by atoms with Gasteiger partial charge in [-0.15, -0.1) is 0 Å². The van der Waals surface area contributed by atoms with Gasteiger partial charge in [-0.1, -0.05) is 36.4 Å². The lowest BCUT2D eigenvalue weighted by molar-refractivity contribution is -0.119. The number of primary amides is 1. The lowest BCUT2D eigenvalue weighted by Gasteiger charge is -2.20. The third-order valence-corrected chi connectivity index (χ3v) is 6.00. The molecule has 0 spiro atoms. The summed E-state index contributed by atoms with van der Waals surface area (Å²) in [6.45, 7) is 1.72. The molecule has 0 saturated heterocycles. The number of nitrogens with zero attached hydrogens (tertiary/aromatic N) is 1. The highest BCUT2D eigenvalue weighted by Crippen LogP contribution is 2.23. The van der Waals surface area contributed by atoms with E-state index >= 15 is 0 Å². The number of hydrogen-bond acceptors (Lipinski definition) is 4. The molecule has 140 valence electrons. The van der Waals surface area contributed by atoms with Crippen molar-refractivity contribution in [3.8, 4) is 0 Å². The van der Waals surface area contributed by atoms with Crippen LogP contribution in [0.25, 0.3) is 10.8 Å². The Kier molecular flexibility index (Phi) is 5.53. The standard InChI is InChI=1S/C20H21N3O3S/c1-14(11-19(20(21)24)15-5-3-2-4-6-15)23-27(25,26)18-8-7-17-13-22-10-9-16(17)12-18/h2-10,12-14,19,23H,11H2,1H3,(H2,21,24)/t14-,19?/m1/s1. The van der Waals surface area contributed by atoms with Crippen molar-refractivity contribution in [3.05, 3.63) is 72.6 Å². The molecule has 0 bridgehead atoms. The SMILES string of the molecule is C[C@H](CC(C(N)=O)c1ccccc1)NS(=O)(=O)c1ccc2cnccc2c1. The number of carbonyl (C=O) groups is 1. The molecule has 1 heterocycles. The lowest BCUT2D eigenvalue weighted by Crippen LogP contribution is -2.36. The zero-order chi connectivity index (χ0) is 19.4. The summed E-state index contributed by atoms with van der Waals surface area (Å²) in [6.07, 6.45) is 3.57. The van der Waals surface area contributed by atoms with Crippen molar-refractivity contribution in [1.29, 1.82) is 0 Å². The molecule has 1 amide bonds. The number of nitrogens with one attached hydrogen (secondary N) is 1. The number of carbonyl (C=O) groups excluding carboxylic acids is 1. The van der Waals surface area contributed by atoms with Crippen LogP contribution in [0.15, 0.2) is 71.9 Å². The number of fused-ring (bicyclic) bond motifs is 1. The maximum absolute atomic E-state index is 12.7. The molecule has 0 radical (unpaired) electrons. The molecule has 0 aliphatic heterocycles. The summed E-state index contributed by atoms with van der Waals surface area (Å²) in [4.78, 5) is 16.0. The molecule has 2 atom stereocenters. The average Bonchev–Trinajstić information content (AvgIpc) is 2.66. The Hall–Kier alpha value is -2.77. The van der Waals surface area contributed by atoms with Gasteiger partial charge in [0.2, 0.25) is 15.9 Å². The van der Waals surface area contributed by atoms with Crippen LogP contribution in [0.1, 0.15) is 24.8 Å². The average molecular weight is 383 g/mol. The fourth-order valence-corrected chi connectivity index (χ4v) is 4.36. The van der Waals surface area contributed by atoms with Gasteiger partial charge in [-0.05, 0) is 42.5 Å². The number of pyridine rings is 1. The van der Waals surface area contributed by atoms with Gasteiger partial charge in [0.15, 0.2) is 0 Å². The molecule has 0 aliphatic carbocycles. The Morgan fingerprint density at radius 3 is 2.56 bits per heavy atom. The van der Waals surface area contributed by atoms with Crippen LogP contribution in [0.4, 0.5) is 0 Å². The summed E-state index contributed by atoms with van der Waals surface area (Å²) < 4.78 is 28.1. The number of benzene rings is 2. The van der Waals surface area contributed by atoms with Gasteiger partial charge in [0, 0.05) is 23.8 Å². The van der Waals surface area contributed by atoms with Crippen molar-refractivity contribution >= 4 is 26.7 Å². The molecule has 0 aliphatic rings. The summed E-state index contributed by atoms with van der Waals surface area (Å²) in [5.41, 5.74) is 6.30. The highest BCUT2D eigenvalue weighted by molar-refractivity contribution is 7.89. The number of aromatic nitrogens is 1. The second kappa shape index (κ2) is 7.85. The summed E-state index contributed by atoms with van der Waals surface area (Å²) in [6, 6.07) is 15.3. The van der Waals surface area contributed by atoms with Crippen LogP contribution in [0.2, 0.25) is 0 Å². The number of hydrogen-bond donors (Lipinski definition) is 2. The minimum Gasteiger partial charge on any atom is -0.369 e. The van der Waals surface area contributed by atoms with E-state index in [1.165, 1.54) is 0 Å². The first-order chi connectivity index (χ1) is 12.9. The Balaban J connectivity index is 1.78. The maximum Gasteiger partial charge on any atom is 0.240 e. The summed E-state index contributed by atoms with van der Waals surface area (Å²) in [5.74, 6) is -1.04. The van der Waals surface area contributed by atoms with Crippen LogP contribution in [0.3, 0.4) is 0 Å². The van der Waals surface area contributed by atoms with E-state index in [1.54, 1.807) is 43.6 Å². The van der Waals surface area contributed by atoms with Crippen molar-refractivity contribution in [1.82, 2.24) is 9.71 Å². The minimum absolute atomic E-state index is 0.170. The first-order valence-electron chi connectivity index (χ1n) is 8.57. The summed E-state index contributed by atoms with van der Waals surface area (Å²) in [5, 5.41) is 1.65. The normalized spacial score (nSPS) is 14.0. The van der Waals surface area contributed by atoms with Crippen LogP contribution in [0.5, 0.6) is 0 Å². The monoisotopic (exact) mass is 383 g/mol. The Labute approximate surface area is 158 Å². The van der Waals surface area contributed by atoms with Crippen LogP contribution in [-0.2, 0) is 14.8 Å². The van der Waals surface area contributed by atoms with E-state index in [0.717, 1.165) is 16.3 Å². The van der Waals surface area contributed by atoms with E-state index < -0.39 is 27.9 Å². The van der Waals surface area contributed by atoms with Crippen LogP contribution in [0, 0.1) is 0 Å². The molecule has 7 heteroatoms. The van der Waals surface area contributed by atoms with E-state index in [-0.39, 0.29) is 11.3 Å². The first kappa shape index (κ1) is 19.0. The third kappa shape index (κ3) is 4.50. The Morgan fingerprint density at radius 1 is 1.11 bits per heavy atom. The number of amides is 1. The number of nitrogens with two attached hydrogens (primary N) is 1. The van der Waals surface area contributed by atoms with Crippen LogP contribution < -0.4 is 10.5 Å². The molecule has 3 rings (SSSR count). The smallest absolute Gasteiger partial charge is 0.240 e. The molecule has 1 aromatic heterocycles. The van der Waals surface area contributed by atoms with Gasteiger partial charge >= 0.3 is 0 Å². The van der Waals surface area contributed by atoms with Crippen LogP contribution in [-0.4, -0.2) is 25.4 Å². The van der Waals surface area contributed by atoms with Crippen molar-refractivity contribution in [2.75, 3.05) is 0 Å². The fraction of sp³-hybridized carbons (Fsp3) is 0.200. The number of sulfonamides is 1. The largest absolute Gasteiger partial charge is 0.369 e. The molecule has 27 heavy (non-hydrogen) atoms. The Bertz CT molecular complexity index is 1050. The molecular weight excluding hydrogens is 362 g/mol. The molecule has 3 N–H and O–H groups in total. The molecule has 3 aromatic rings. The molecule has 6 nitrogen and oxygen atoms in total. The van der Waals surface area contributed by atoms with Gasteiger partial charge in [-0.2, -0.15) is 0 Å². The minimum atomic E-state index is -3.73. The van der Waals surface area contributed by atoms with Crippen molar-refractivity contribution in [2.45, 2.75) is 30.2 Å². The highest BCUT2D eigenvalue weighted by Gasteiger charge is 2.24. The van der Waals surface area contributed by atoms with Gasteiger partial charge in [-0.3, -0.25) is 9.78 Å². The molecule has 1 unspecified atom stereocenters. The van der Waals surface area contributed by atoms with Crippen LogP contribution >= 0.6 is 0 Å². The van der Waals surface area contributed by atoms with Crippen molar-refractivity contribution in [3.63, 3.8) is 0 Å². The van der Waals surface area contributed by atoms with E-state index in [4.69, 9.17) is 5.73 Å². The molecular formula is C20H21N3O3S. The Morgan fingerprint density at radius 2 is 1.85 bits per heavy atom.